The molecule has 1 aromatic carbocycles. The van der Waals surface area contributed by atoms with Gasteiger partial charge >= 0.3 is 0 Å². The lowest BCUT2D eigenvalue weighted by Gasteiger charge is -2.13. The first kappa shape index (κ1) is 15.0. The Labute approximate surface area is 123 Å². The van der Waals surface area contributed by atoms with Gasteiger partial charge in [0.2, 0.25) is 17.7 Å². The van der Waals surface area contributed by atoms with Crippen LogP contribution in [-0.2, 0) is 20.9 Å². The molecule has 1 aromatic rings. The number of methoxy groups -OCH3 is 1. The highest BCUT2D eigenvalue weighted by Crippen LogP contribution is 2.12. The second kappa shape index (κ2) is 6.88. The third-order valence-corrected chi connectivity index (χ3v) is 3.37. The van der Waals surface area contributed by atoms with Gasteiger partial charge in [0.15, 0.2) is 0 Å². The van der Waals surface area contributed by atoms with Gasteiger partial charge in [-0.3, -0.25) is 19.3 Å². The largest absolute Gasteiger partial charge is 0.497 e. The molecule has 1 saturated heterocycles. The van der Waals surface area contributed by atoms with E-state index in [1.165, 1.54) is 0 Å². The summed E-state index contributed by atoms with van der Waals surface area (Å²) in [7, 11) is 1.59. The molecule has 1 aliphatic rings. The number of likely N-dealkylation sites (tertiary alicyclic amines) is 1. The molecule has 3 amide bonds. The smallest absolute Gasteiger partial charge is 0.229 e. The maximum absolute atomic E-state index is 11.7. The summed E-state index contributed by atoms with van der Waals surface area (Å²) in [4.78, 5) is 35.7. The number of carbonyl (C=O) groups is 3. The van der Waals surface area contributed by atoms with E-state index in [0.717, 1.165) is 16.2 Å². The minimum absolute atomic E-state index is 0.133. The van der Waals surface area contributed by atoms with Gasteiger partial charge in [-0.05, 0) is 17.7 Å². The summed E-state index contributed by atoms with van der Waals surface area (Å²) in [6.07, 6.45) is 0.645. The van der Waals surface area contributed by atoms with Crippen LogP contribution >= 0.6 is 0 Å². The fourth-order valence-corrected chi connectivity index (χ4v) is 2.12. The van der Waals surface area contributed by atoms with E-state index in [-0.39, 0.29) is 43.5 Å². The predicted octanol–water partition coefficient (Wildman–Crippen LogP) is 0.850. The van der Waals surface area contributed by atoms with Crippen molar-refractivity contribution in [2.75, 3.05) is 13.7 Å². The molecule has 21 heavy (non-hydrogen) atoms. The van der Waals surface area contributed by atoms with Gasteiger partial charge in [-0.1, -0.05) is 12.1 Å². The molecule has 1 N–H and O–H groups in total. The van der Waals surface area contributed by atoms with E-state index in [1.54, 1.807) is 7.11 Å². The van der Waals surface area contributed by atoms with Crippen LogP contribution in [-0.4, -0.2) is 36.3 Å². The van der Waals surface area contributed by atoms with Crippen LogP contribution in [0.25, 0.3) is 0 Å². The van der Waals surface area contributed by atoms with Crippen molar-refractivity contribution < 1.29 is 19.1 Å². The molecule has 0 spiro atoms. The highest BCUT2D eigenvalue weighted by atomic mass is 16.5. The molecule has 2 rings (SSSR count). The maximum atomic E-state index is 11.7. The SMILES string of the molecule is COc1ccc(CNC(=O)CCN2C(=O)CCC2=O)cc1. The third-order valence-electron chi connectivity index (χ3n) is 3.37. The quantitative estimate of drug-likeness (QED) is 0.788. The van der Waals surface area contributed by atoms with Gasteiger partial charge in [0.25, 0.3) is 0 Å². The molecule has 6 nitrogen and oxygen atoms in total. The van der Waals surface area contributed by atoms with E-state index in [2.05, 4.69) is 5.32 Å². The zero-order valence-corrected chi connectivity index (χ0v) is 11.9. The second-order valence-electron chi connectivity index (χ2n) is 4.81. The lowest BCUT2D eigenvalue weighted by molar-refractivity contribution is -0.138. The Morgan fingerprint density at radius 2 is 1.81 bits per heavy atom. The van der Waals surface area contributed by atoms with Gasteiger partial charge in [-0.2, -0.15) is 0 Å². The zero-order valence-electron chi connectivity index (χ0n) is 11.9. The van der Waals surface area contributed by atoms with Crippen molar-refractivity contribution in [3.05, 3.63) is 29.8 Å². The standard InChI is InChI=1S/C15H18N2O4/c1-21-12-4-2-11(3-5-12)10-16-13(18)8-9-17-14(19)6-7-15(17)20/h2-5H,6-10H2,1H3,(H,16,18). The molecule has 1 heterocycles. The highest BCUT2D eigenvalue weighted by molar-refractivity contribution is 6.02. The summed E-state index contributed by atoms with van der Waals surface area (Å²) in [5.41, 5.74) is 0.956. The molecule has 1 aliphatic heterocycles. The van der Waals surface area contributed by atoms with Gasteiger partial charge in [-0.15, -0.1) is 0 Å². The molecule has 0 bridgehead atoms. The highest BCUT2D eigenvalue weighted by Gasteiger charge is 2.28. The normalized spacial score (nSPS) is 14.4. The zero-order chi connectivity index (χ0) is 15.2. The van der Waals surface area contributed by atoms with Gasteiger partial charge in [-0.25, -0.2) is 0 Å². The summed E-state index contributed by atoms with van der Waals surface area (Å²) in [5, 5.41) is 2.76. The summed E-state index contributed by atoms with van der Waals surface area (Å²) in [5.74, 6) is 0.195. The number of rotatable bonds is 6. The van der Waals surface area contributed by atoms with Gasteiger partial charge in [0.05, 0.1) is 7.11 Å². The van der Waals surface area contributed by atoms with E-state index < -0.39 is 0 Å². The number of imide groups is 1. The molecular weight excluding hydrogens is 272 g/mol. The number of nitrogens with zero attached hydrogens (tertiary/aromatic N) is 1. The minimum atomic E-state index is -0.192. The van der Waals surface area contributed by atoms with Crippen molar-refractivity contribution in [1.82, 2.24) is 10.2 Å². The average molecular weight is 290 g/mol. The number of ether oxygens (including phenoxy) is 1. The first-order valence-corrected chi connectivity index (χ1v) is 6.83. The monoisotopic (exact) mass is 290 g/mol. The molecule has 112 valence electrons. The van der Waals surface area contributed by atoms with Crippen molar-refractivity contribution in [2.24, 2.45) is 0 Å². The molecular formula is C15H18N2O4. The first-order chi connectivity index (χ1) is 10.1. The molecule has 0 aliphatic carbocycles. The molecule has 0 aromatic heterocycles. The first-order valence-electron chi connectivity index (χ1n) is 6.83. The van der Waals surface area contributed by atoms with Crippen molar-refractivity contribution >= 4 is 17.7 Å². The van der Waals surface area contributed by atoms with Gasteiger partial charge in [0, 0.05) is 32.4 Å². The average Bonchev–Trinajstić information content (AvgIpc) is 2.82. The Hall–Kier alpha value is -2.37. The van der Waals surface area contributed by atoms with Crippen LogP contribution in [0.1, 0.15) is 24.8 Å². The van der Waals surface area contributed by atoms with Crippen LogP contribution in [0.4, 0.5) is 0 Å². The Kier molecular flexibility index (Phi) is 4.92. The molecule has 0 unspecified atom stereocenters. The third kappa shape index (κ3) is 4.05. The summed E-state index contributed by atoms with van der Waals surface area (Å²) < 4.78 is 5.05. The van der Waals surface area contributed by atoms with E-state index in [1.807, 2.05) is 24.3 Å². The van der Waals surface area contributed by atoms with E-state index in [9.17, 15) is 14.4 Å². The Morgan fingerprint density at radius 1 is 1.19 bits per heavy atom. The Balaban J connectivity index is 1.74. The Morgan fingerprint density at radius 3 is 2.38 bits per heavy atom. The molecule has 0 radical (unpaired) electrons. The number of hydrogen-bond acceptors (Lipinski definition) is 4. The molecule has 1 fully saturated rings. The van der Waals surface area contributed by atoms with Crippen LogP contribution < -0.4 is 10.1 Å². The topological polar surface area (TPSA) is 75.7 Å². The fraction of sp³-hybridized carbons (Fsp3) is 0.400. The van der Waals surface area contributed by atoms with Crippen molar-refractivity contribution in [3.8, 4) is 5.75 Å². The fourth-order valence-electron chi connectivity index (χ4n) is 2.12. The van der Waals surface area contributed by atoms with Crippen LogP contribution in [0.2, 0.25) is 0 Å². The lowest BCUT2D eigenvalue weighted by Crippen LogP contribution is -2.34. The van der Waals surface area contributed by atoms with Crippen LogP contribution in [0.3, 0.4) is 0 Å². The van der Waals surface area contributed by atoms with E-state index in [4.69, 9.17) is 4.74 Å². The molecule has 0 saturated carbocycles. The second-order valence-corrected chi connectivity index (χ2v) is 4.81. The molecule has 6 heteroatoms. The maximum Gasteiger partial charge on any atom is 0.229 e. The number of benzene rings is 1. The lowest BCUT2D eigenvalue weighted by atomic mass is 10.2. The number of amides is 3. The van der Waals surface area contributed by atoms with Gasteiger partial charge in [0.1, 0.15) is 5.75 Å². The predicted molar refractivity (Wildman–Crippen MR) is 75.4 cm³/mol. The van der Waals surface area contributed by atoms with Crippen LogP contribution in [0.5, 0.6) is 5.75 Å². The molecule has 0 atom stereocenters. The minimum Gasteiger partial charge on any atom is -0.497 e. The van der Waals surface area contributed by atoms with Crippen molar-refractivity contribution in [3.63, 3.8) is 0 Å². The number of hydrogen-bond donors (Lipinski definition) is 1. The van der Waals surface area contributed by atoms with Crippen molar-refractivity contribution in [2.45, 2.75) is 25.8 Å². The summed E-state index contributed by atoms with van der Waals surface area (Å²) in [6, 6.07) is 7.38. The van der Waals surface area contributed by atoms with Gasteiger partial charge < -0.3 is 10.1 Å². The van der Waals surface area contributed by atoms with E-state index in [0.29, 0.717) is 6.54 Å². The van der Waals surface area contributed by atoms with Crippen LogP contribution in [0, 0.1) is 0 Å². The number of carbonyl (C=O) groups excluding carboxylic acids is 3. The summed E-state index contributed by atoms with van der Waals surface area (Å²) in [6.45, 7) is 0.566. The van der Waals surface area contributed by atoms with E-state index >= 15 is 0 Å². The van der Waals surface area contributed by atoms with Crippen molar-refractivity contribution in [1.29, 1.82) is 0 Å². The van der Waals surface area contributed by atoms with Crippen LogP contribution in [0.15, 0.2) is 24.3 Å². The summed E-state index contributed by atoms with van der Waals surface area (Å²) >= 11 is 0. The Bertz CT molecular complexity index is 523. The number of nitrogens with one attached hydrogen (secondary N) is 1.